The van der Waals surface area contributed by atoms with Crippen LogP contribution in [0.2, 0.25) is 0 Å². The molecule has 0 radical (unpaired) electrons. The number of aromatic hydroxyl groups is 1. The van der Waals surface area contributed by atoms with Crippen molar-refractivity contribution in [3.8, 4) is 5.75 Å². The molecule has 0 bridgehead atoms. The molecule has 0 heterocycles. The summed E-state index contributed by atoms with van der Waals surface area (Å²) in [5, 5.41) is 9.26. The highest BCUT2D eigenvalue weighted by Gasteiger charge is 2.15. The van der Waals surface area contributed by atoms with Crippen LogP contribution in [-0.4, -0.2) is 11.2 Å². The molecule has 0 aliphatic heterocycles. The van der Waals surface area contributed by atoms with Crippen LogP contribution in [-0.2, 0) is 11.4 Å². The Morgan fingerprint density at radius 1 is 1.33 bits per heavy atom. The van der Waals surface area contributed by atoms with Crippen LogP contribution in [0, 0.1) is 0 Å². The first-order valence-corrected chi connectivity index (χ1v) is 5.51. The van der Waals surface area contributed by atoms with Gasteiger partial charge in [-0.3, -0.25) is 4.84 Å². The molecule has 0 spiro atoms. The fourth-order valence-electron chi connectivity index (χ4n) is 1.92. The second-order valence-corrected chi connectivity index (χ2v) is 4.02. The summed E-state index contributed by atoms with van der Waals surface area (Å²) in [7, 11) is 0. The maximum absolute atomic E-state index is 9.26. The first-order chi connectivity index (χ1) is 7.34. The molecule has 2 rings (SSSR count). The van der Waals surface area contributed by atoms with Gasteiger partial charge < -0.3 is 5.11 Å². The van der Waals surface area contributed by atoms with Crippen LogP contribution in [0.5, 0.6) is 5.75 Å². The first-order valence-electron chi connectivity index (χ1n) is 5.51. The SMILES string of the molecule is Oc1cccc(CNOC2CCCC2)c1. The Morgan fingerprint density at radius 2 is 2.13 bits per heavy atom. The maximum atomic E-state index is 9.26. The highest BCUT2D eigenvalue weighted by atomic mass is 16.7. The van der Waals surface area contributed by atoms with Gasteiger partial charge in [0, 0.05) is 6.54 Å². The van der Waals surface area contributed by atoms with E-state index in [1.165, 1.54) is 12.8 Å². The minimum absolute atomic E-state index is 0.301. The van der Waals surface area contributed by atoms with Gasteiger partial charge in [0.05, 0.1) is 6.10 Å². The van der Waals surface area contributed by atoms with Gasteiger partial charge in [-0.2, -0.15) is 5.48 Å². The third-order valence-electron chi connectivity index (χ3n) is 2.74. The third kappa shape index (κ3) is 3.22. The summed E-state index contributed by atoms with van der Waals surface area (Å²) in [6.07, 6.45) is 5.25. The number of hydroxylamine groups is 1. The van der Waals surface area contributed by atoms with E-state index in [0.717, 1.165) is 18.4 Å². The Morgan fingerprint density at radius 3 is 2.87 bits per heavy atom. The zero-order valence-corrected chi connectivity index (χ0v) is 8.78. The molecule has 1 aliphatic rings. The predicted molar refractivity (Wildman–Crippen MR) is 58.3 cm³/mol. The van der Waals surface area contributed by atoms with E-state index in [2.05, 4.69) is 5.48 Å². The van der Waals surface area contributed by atoms with E-state index in [9.17, 15) is 5.11 Å². The fraction of sp³-hybridized carbons (Fsp3) is 0.500. The molecular weight excluding hydrogens is 190 g/mol. The third-order valence-corrected chi connectivity index (χ3v) is 2.74. The van der Waals surface area contributed by atoms with Gasteiger partial charge in [-0.25, -0.2) is 0 Å². The van der Waals surface area contributed by atoms with Crippen LogP contribution in [0.25, 0.3) is 0 Å². The van der Waals surface area contributed by atoms with Gasteiger partial charge in [-0.1, -0.05) is 25.0 Å². The minimum atomic E-state index is 0.301. The van der Waals surface area contributed by atoms with Gasteiger partial charge in [-0.15, -0.1) is 0 Å². The second kappa shape index (κ2) is 5.14. The number of hydrogen-bond acceptors (Lipinski definition) is 3. The zero-order chi connectivity index (χ0) is 10.5. The van der Waals surface area contributed by atoms with Crippen LogP contribution < -0.4 is 5.48 Å². The lowest BCUT2D eigenvalue weighted by Crippen LogP contribution is -2.21. The quantitative estimate of drug-likeness (QED) is 0.745. The topological polar surface area (TPSA) is 41.5 Å². The number of hydrogen-bond donors (Lipinski definition) is 2. The summed E-state index contributed by atoms with van der Waals surface area (Å²) in [5.74, 6) is 0.301. The van der Waals surface area contributed by atoms with Crippen molar-refractivity contribution in [3.05, 3.63) is 29.8 Å². The largest absolute Gasteiger partial charge is 0.508 e. The minimum Gasteiger partial charge on any atom is -0.508 e. The van der Waals surface area contributed by atoms with Crippen molar-refractivity contribution < 1.29 is 9.94 Å². The highest BCUT2D eigenvalue weighted by Crippen LogP contribution is 2.20. The molecule has 1 aromatic rings. The van der Waals surface area contributed by atoms with E-state index in [0.29, 0.717) is 18.4 Å². The Hall–Kier alpha value is -1.06. The highest BCUT2D eigenvalue weighted by molar-refractivity contribution is 5.26. The summed E-state index contributed by atoms with van der Waals surface area (Å²) in [5.41, 5.74) is 3.99. The van der Waals surface area contributed by atoms with Gasteiger partial charge in [0.15, 0.2) is 0 Å². The molecule has 1 aromatic carbocycles. The van der Waals surface area contributed by atoms with Gasteiger partial charge >= 0.3 is 0 Å². The van der Waals surface area contributed by atoms with E-state index in [4.69, 9.17) is 4.84 Å². The van der Waals surface area contributed by atoms with E-state index >= 15 is 0 Å². The number of nitrogens with one attached hydrogen (secondary N) is 1. The van der Waals surface area contributed by atoms with Gasteiger partial charge in [0.2, 0.25) is 0 Å². The van der Waals surface area contributed by atoms with Crippen molar-refractivity contribution in [2.45, 2.75) is 38.3 Å². The van der Waals surface area contributed by atoms with Crippen molar-refractivity contribution in [3.63, 3.8) is 0 Å². The zero-order valence-electron chi connectivity index (χ0n) is 8.78. The van der Waals surface area contributed by atoms with Crippen LogP contribution in [0.15, 0.2) is 24.3 Å². The maximum Gasteiger partial charge on any atom is 0.115 e. The number of phenols is 1. The first kappa shape index (κ1) is 10.5. The summed E-state index contributed by atoms with van der Waals surface area (Å²) >= 11 is 0. The van der Waals surface area contributed by atoms with Crippen LogP contribution in [0.1, 0.15) is 31.2 Å². The molecule has 3 nitrogen and oxygen atoms in total. The van der Waals surface area contributed by atoms with E-state index in [-0.39, 0.29) is 0 Å². The molecule has 0 saturated heterocycles. The lowest BCUT2D eigenvalue weighted by molar-refractivity contribution is -0.0244. The summed E-state index contributed by atoms with van der Waals surface area (Å²) < 4.78 is 0. The van der Waals surface area contributed by atoms with Gasteiger partial charge in [-0.05, 0) is 30.5 Å². The fourth-order valence-corrected chi connectivity index (χ4v) is 1.92. The van der Waals surface area contributed by atoms with Crippen molar-refractivity contribution in [2.75, 3.05) is 0 Å². The van der Waals surface area contributed by atoms with E-state index < -0.39 is 0 Å². The molecule has 0 amide bonds. The number of benzene rings is 1. The van der Waals surface area contributed by atoms with E-state index in [1.807, 2.05) is 12.1 Å². The van der Waals surface area contributed by atoms with Crippen LogP contribution in [0.3, 0.4) is 0 Å². The van der Waals surface area contributed by atoms with Crippen molar-refractivity contribution in [1.29, 1.82) is 0 Å². The van der Waals surface area contributed by atoms with Crippen molar-refractivity contribution >= 4 is 0 Å². The molecule has 1 aliphatic carbocycles. The average Bonchev–Trinajstić information content (AvgIpc) is 2.71. The summed E-state index contributed by atoms with van der Waals surface area (Å²) in [6, 6.07) is 7.21. The second-order valence-electron chi connectivity index (χ2n) is 4.02. The van der Waals surface area contributed by atoms with Gasteiger partial charge in [0.25, 0.3) is 0 Å². The normalized spacial score (nSPS) is 17.1. The lowest BCUT2D eigenvalue weighted by Gasteiger charge is -2.11. The average molecular weight is 207 g/mol. The molecule has 82 valence electrons. The Balaban J connectivity index is 1.73. The van der Waals surface area contributed by atoms with E-state index in [1.54, 1.807) is 12.1 Å². The van der Waals surface area contributed by atoms with Crippen molar-refractivity contribution in [1.82, 2.24) is 5.48 Å². The lowest BCUT2D eigenvalue weighted by atomic mass is 10.2. The van der Waals surface area contributed by atoms with Crippen LogP contribution in [0.4, 0.5) is 0 Å². The molecule has 0 aromatic heterocycles. The van der Waals surface area contributed by atoms with Gasteiger partial charge in [0.1, 0.15) is 5.75 Å². The molecule has 1 saturated carbocycles. The molecular formula is C12H17NO2. The molecule has 1 fully saturated rings. The monoisotopic (exact) mass is 207 g/mol. The molecule has 3 heteroatoms. The number of phenolic OH excluding ortho intramolecular Hbond substituents is 1. The Bertz CT molecular complexity index is 308. The summed E-state index contributed by atoms with van der Waals surface area (Å²) in [6.45, 7) is 0.644. The molecule has 15 heavy (non-hydrogen) atoms. The summed E-state index contributed by atoms with van der Waals surface area (Å²) in [4.78, 5) is 5.52. The Kier molecular flexibility index (Phi) is 3.59. The molecule has 2 N–H and O–H groups in total. The predicted octanol–water partition coefficient (Wildman–Crippen LogP) is 2.36. The van der Waals surface area contributed by atoms with Crippen molar-refractivity contribution in [2.24, 2.45) is 0 Å². The smallest absolute Gasteiger partial charge is 0.115 e. The Labute approximate surface area is 90.0 Å². The van der Waals surface area contributed by atoms with Crippen LogP contribution >= 0.6 is 0 Å². The number of rotatable bonds is 4. The molecule has 0 unspecified atom stereocenters. The standard InChI is InChI=1S/C12H17NO2/c14-11-5-3-4-10(8-11)9-13-15-12-6-1-2-7-12/h3-5,8,12-14H,1-2,6-7,9H2. The molecule has 0 atom stereocenters.